The second-order valence-corrected chi connectivity index (χ2v) is 18.2. The van der Waals surface area contributed by atoms with Crippen LogP contribution in [-0.4, -0.2) is 46.9 Å². The Labute approximate surface area is 413 Å². The van der Waals surface area contributed by atoms with E-state index in [1.54, 1.807) is 0 Å². The first-order valence-electron chi connectivity index (χ1n) is 27.6. The van der Waals surface area contributed by atoms with Gasteiger partial charge in [-0.2, -0.15) is 0 Å². The molecule has 0 aromatic rings. The molecular weight excluding hydrogens is 827 g/mol. The fourth-order valence-electron chi connectivity index (χ4n) is 7.75. The van der Waals surface area contributed by atoms with Crippen molar-refractivity contribution in [1.29, 1.82) is 0 Å². The van der Waals surface area contributed by atoms with E-state index in [-0.39, 0.29) is 24.9 Å². The second-order valence-electron chi connectivity index (χ2n) is 18.2. The standard InChI is InChI=1S/C61H103NO5/c1-4-7-10-13-16-19-22-25-28-30-32-34-37-40-43-46-49-52-57(67-61(66)54-51-48-45-42-39-36-33-29-26-23-20-17-14-11-8-5-2)55-60(65)62-58(56-63)59(64)53-50-47-44-41-38-35-31-27-24-21-18-15-12-9-6-3/h7-8,10-11,16-17,19-20,25-26,28-29,32,34,36,39-40,43,57-59,63-64H,4-6,9,12-15,18,21-24,27,30-31,33,35,37-38,41-42,44-56H2,1-3H3,(H,62,65)/b10-7-,11-8+,19-16-,20-17+,28-25-,29-26+,34-32-,39-36+,43-40-. The van der Waals surface area contributed by atoms with E-state index >= 15 is 0 Å². The summed E-state index contributed by atoms with van der Waals surface area (Å²) in [6.45, 7) is 6.24. The summed E-state index contributed by atoms with van der Waals surface area (Å²) in [7, 11) is 0. The number of unbranched alkanes of at least 4 members (excludes halogenated alkanes) is 18. The fourth-order valence-corrected chi connectivity index (χ4v) is 7.75. The molecule has 1 amide bonds. The van der Waals surface area contributed by atoms with Crippen LogP contribution in [0.2, 0.25) is 0 Å². The predicted octanol–water partition coefficient (Wildman–Crippen LogP) is 17.1. The van der Waals surface area contributed by atoms with E-state index in [9.17, 15) is 19.8 Å². The monoisotopic (exact) mass is 930 g/mol. The number of esters is 1. The number of rotatable bonds is 48. The normalized spacial score (nSPS) is 14.0. The molecule has 0 saturated heterocycles. The van der Waals surface area contributed by atoms with Crippen molar-refractivity contribution in [3.05, 3.63) is 109 Å². The van der Waals surface area contributed by atoms with E-state index in [1.807, 2.05) is 0 Å². The van der Waals surface area contributed by atoms with Gasteiger partial charge in [-0.05, 0) is 103 Å². The zero-order chi connectivity index (χ0) is 48.8. The second kappa shape index (κ2) is 53.5. The number of hydrogen-bond acceptors (Lipinski definition) is 5. The lowest BCUT2D eigenvalue weighted by Crippen LogP contribution is -2.46. The number of aliphatic hydroxyl groups excluding tert-OH is 2. The summed E-state index contributed by atoms with van der Waals surface area (Å²) >= 11 is 0. The molecule has 0 aliphatic carbocycles. The Balaban J connectivity index is 4.75. The van der Waals surface area contributed by atoms with Crippen molar-refractivity contribution in [1.82, 2.24) is 5.32 Å². The Bertz CT molecular complexity index is 1370. The minimum Gasteiger partial charge on any atom is -0.462 e. The lowest BCUT2D eigenvalue weighted by atomic mass is 10.0. The molecule has 3 unspecified atom stereocenters. The van der Waals surface area contributed by atoms with Gasteiger partial charge in [0.05, 0.1) is 25.2 Å². The zero-order valence-corrected chi connectivity index (χ0v) is 43.5. The van der Waals surface area contributed by atoms with Gasteiger partial charge in [-0.3, -0.25) is 9.59 Å². The molecule has 0 aliphatic rings. The van der Waals surface area contributed by atoms with Gasteiger partial charge in [0.25, 0.3) is 0 Å². The van der Waals surface area contributed by atoms with Gasteiger partial charge in [-0.15, -0.1) is 0 Å². The third-order valence-corrected chi connectivity index (χ3v) is 11.8. The average Bonchev–Trinajstić information content (AvgIpc) is 3.32. The summed E-state index contributed by atoms with van der Waals surface area (Å²) in [5.74, 6) is -0.573. The molecule has 0 rings (SSSR count). The quantitative estimate of drug-likeness (QED) is 0.0321. The van der Waals surface area contributed by atoms with Crippen LogP contribution in [0.5, 0.6) is 0 Å². The van der Waals surface area contributed by atoms with E-state index in [2.05, 4.69) is 135 Å². The van der Waals surface area contributed by atoms with Gasteiger partial charge < -0.3 is 20.3 Å². The van der Waals surface area contributed by atoms with E-state index in [1.165, 1.54) is 77.0 Å². The van der Waals surface area contributed by atoms with Crippen molar-refractivity contribution in [2.75, 3.05) is 6.61 Å². The molecule has 0 fully saturated rings. The Kier molecular flexibility index (Phi) is 50.7. The Morgan fingerprint density at radius 2 is 0.821 bits per heavy atom. The largest absolute Gasteiger partial charge is 0.462 e. The molecule has 0 bridgehead atoms. The highest BCUT2D eigenvalue weighted by atomic mass is 16.5. The number of ether oxygens (including phenoxy) is 1. The molecule has 0 heterocycles. The molecule has 0 aliphatic heterocycles. The molecular formula is C61H103NO5. The van der Waals surface area contributed by atoms with Crippen LogP contribution in [-0.2, 0) is 14.3 Å². The molecule has 3 atom stereocenters. The van der Waals surface area contributed by atoms with Crippen molar-refractivity contribution in [3.8, 4) is 0 Å². The maximum atomic E-state index is 13.2. The Morgan fingerprint density at radius 1 is 0.448 bits per heavy atom. The van der Waals surface area contributed by atoms with Crippen LogP contribution in [0.25, 0.3) is 0 Å². The number of nitrogens with one attached hydrogen (secondary N) is 1. The lowest BCUT2D eigenvalue weighted by molar-refractivity contribution is -0.151. The first-order valence-corrected chi connectivity index (χ1v) is 27.6. The zero-order valence-electron chi connectivity index (χ0n) is 43.5. The first-order chi connectivity index (χ1) is 33.0. The molecule has 0 saturated carbocycles. The average molecular weight is 930 g/mol. The highest BCUT2D eigenvalue weighted by molar-refractivity contribution is 5.77. The Morgan fingerprint density at radius 3 is 1.24 bits per heavy atom. The van der Waals surface area contributed by atoms with Gasteiger partial charge in [-0.25, -0.2) is 0 Å². The van der Waals surface area contributed by atoms with Crippen molar-refractivity contribution >= 4 is 11.9 Å². The summed E-state index contributed by atoms with van der Waals surface area (Å²) in [6.07, 6.45) is 72.9. The lowest BCUT2D eigenvalue weighted by Gasteiger charge is -2.24. The van der Waals surface area contributed by atoms with Gasteiger partial charge in [0.1, 0.15) is 6.10 Å². The third kappa shape index (κ3) is 48.8. The summed E-state index contributed by atoms with van der Waals surface area (Å²) in [5, 5.41) is 23.8. The number of aliphatic hydroxyl groups is 2. The molecule has 0 spiro atoms. The summed E-state index contributed by atoms with van der Waals surface area (Å²) in [4.78, 5) is 26.2. The topological polar surface area (TPSA) is 95.9 Å². The van der Waals surface area contributed by atoms with Gasteiger partial charge in [0, 0.05) is 6.42 Å². The molecule has 382 valence electrons. The molecule has 6 heteroatoms. The Hall–Kier alpha value is -3.48. The third-order valence-electron chi connectivity index (χ3n) is 11.8. The maximum Gasteiger partial charge on any atom is 0.306 e. The minimum absolute atomic E-state index is 0.0193. The van der Waals surface area contributed by atoms with E-state index in [4.69, 9.17) is 4.74 Å². The van der Waals surface area contributed by atoms with Crippen LogP contribution >= 0.6 is 0 Å². The number of hydrogen-bond donors (Lipinski definition) is 3. The highest BCUT2D eigenvalue weighted by Gasteiger charge is 2.24. The summed E-state index contributed by atoms with van der Waals surface area (Å²) in [6, 6.07) is -0.734. The smallest absolute Gasteiger partial charge is 0.306 e. The van der Waals surface area contributed by atoms with Crippen molar-refractivity contribution < 1.29 is 24.5 Å². The maximum absolute atomic E-state index is 13.2. The van der Waals surface area contributed by atoms with Gasteiger partial charge >= 0.3 is 5.97 Å². The molecule has 6 nitrogen and oxygen atoms in total. The number of carbonyl (C=O) groups excluding carboxylic acids is 2. The van der Waals surface area contributed by atoms with E-state index in [0.29, 0.717) is 19.3 Å². The predicted molar refractivity (Wildman–Crippen MR) is 291 cm³/mol. The summed E-state index contributed by atoms with van der Waals surface area (Å²) < 4.78 is 5.91. The number of amides is 1. The van der Waals surface area contributed by atoms with Gasteiger partial charge in [-0.1, -0.05) is 233 Å². The van der Waals surface area contributed by atoms with Crippen LogP contribution in [0.15, 0.2) is 109 Å². The molecule has 0 radical (unpaired) electrons. The molecule has 0 aromatic heterocycles. The van der Waals surface area contributed by atoms with Gasteiger partial charge in [0.15, 0.2) is 0 Å². The van der Waals surface area contributed by atoms with Crippen molar-refractivity contribution in [2.45, 2.75) is 257 Å². The first kappa shape index (κ1) is 63.5. The van der Waals surface area contributed by atoms with Crippen LogP contribution in [0.4, 0.5) is 0 Å². The van der Waals surface area contributed by atoms with Crippen molar-refractivity contribution in [2.24, 2.45) is 0 Å². The van der Waals surface area contributed by atoms with E-state index < -0.39 is 18.2 Å². The number of carbonyl (C=O) groups is 2. The van der Waals surface area contributed by atoms with E-state index in [0.717, 1.165) is 116 Å². The highest BCUT2D eigenvalue weighted by Crippen LogP contribution is 2.17. The van der Waals surface area contributed by atoms with Crippen LogP contribution in [0.1, 0.15) is 239 Å². The fraction of sp³-hybridized carbons (Fsp3) is 0.672. The molecule has 0 aromatic carbocycles. The van der Waals surface area contributed by atoms with Crippen LogP contribution in [0.3, 0.4) is 0 Å². The molecule has 3 N–H and O–H groups in total. The van der Waals surface area contributed by atoms with Gasteiger partial charge in [0.2, 0.25) is 5.91 Å². The SMILES string of the molecule is CC/C=C\C/C=C\C/C=C\C/C=C\C/C=C\CCCC(CC(=O)NC(CO)C(O)CCCCCCCCCCCCCCCCC)OC(=O)CCCCC/C=C/C/C=C/C/C=C/C/C=C/CC. The minimum atomic E-state index is -0.816. The summed E-state index contributed by atoms with van der Waals surface area (Å²) in [5.41, 5.74) is 0. The van der Waals surface area contributed by atoms with Crippen molar-refractivity contribution in [3.63, 3.8) is 0 Å². The molecule has 67 heavy (non-hydrogen) atoms. The van der Waals surface area contributed by atoms with Crippen LogP contribution in [0, 0.1) is 0 Å². The number of allylic oxidation sites excluding steroid dienone is 18. The van der Waals surface area contributed by atoms with Crippen LogP contribution < -0.4 is 5.32 Å².